The Hall–Kier alpha value is -1.81. The van der Waals surface area contributed by atoms with E-state index >= 15 is 0 Å². The van der Waals surface area contributed by atoms with E-state index in [0.29, 0.717) is 6.54 Å². The number of hydrogen-bond donors (Lipinski definition) is 2. The Morgan fingerprint density at radius 3 is 2.74 bits per heavy atom. The molecule has 1 aromatic heterocycles. The van der Waals surface area contributed by atoms with Gasteiger partial charge in [-0.2, -0.15) is 0 Å². The van der Waals surface area contributed by atoms with Gasteiger partial charge in [0.25, 0.3) is 5.91 Å². The second-order valence-electron chi connectivity index (χ2n) is 5.18. The van der Waals surface area contributed by atoms with Crippen molar-refractivity contribution >= 4 is 16.8 Å². The van der Waals surface area contributed by atoms with Crippen molar-refractivity contribution in [1.82, 2.24) is 15.2 Å². The van der Waals surface area contributed by atoms with Gasteiger partial charge in [-0.1, -0.05) is 12.1 Å². The molecule has 0 unspecified atom stereocenters. The summed E-state index contributed by atoms with van der Waals surface area (Å²) in [4.78, 5) is 17.7. The van der Waals surface area contributed by atoms with Crippen molar-refractivity contribution in [2.45, 2.75) is 13.8 Å². The first-order chi connectivity index (χ1) is 9.00. The lowest BCUT2D eigenvalue weighted by atomic mass is 10.1. The van der Waals surface area contributed by atoms with E-state index in [-0.39, 0.29) is 5.91 Å². The molecule has 0 bridgehead atoms. The summed E-state index contributed by atoms with van der Waals surface area (Å²) in [6, 6.07) is 6.04. The topological polar surface area (TPSA) is 48.1 Å². The van der Waals surface area contributed by atoms with E-state index < -0.39 is 0 Å². The second kappa shape index (κ2) is 5.45. The molecule has 0 fully saturated rings. The molecule has 0 aliphatic heterocycles. The number of carbonyl (C=O) groups is 1. The van der Waals surface area contributed by atoms with Crippen LogP contribution in [0.15, 0.2) is 18.2 Å². The molecule has 0 saturated heterocycles. The smallest absolute Gasteiger partial charge is 0.253 e. The van der Waals surface area contributed by atoms with Gasteiger partial charge in [-0.25, -0.2) is 0 Å². The van der Waals surface area contributed by atoms with E-state index in [1.54, 1.807) is 0 Å². The minimum absolute atomic E-state index is 0.0000926. The zero-order valence-electron chi connectivity index (χ0n) is 12.0. The summed E-state index contributed by atoms with van der Waals surface area (Å²) >= 11 is 0. The zero-order valence-corrected chi connectivity index (χ0v) is 12.0. The number of aromatic amines is 1. The Morgan fingerprint density at radius 2 is 2.05 bits per heavy atom. The molecule has 4 heteroatoms. The van der Waals surface area contributed by atoms with Gasteiger partial charge in [0.1, 0.15) is 0 Å². The monoisotopic (exact) mass is 259 g/mol. The molecule has 0 aliphatic carbocycles. The standard InChI is InChI=1S/C15H21N3O/c1-10-6-5-7-12-13(10)14(11(2)17-12)15(19)16-8-9-18(3)4/h5-7,17H,8-9H2,1-4H3,(H,16,19). The van der Waals surface area contributed by atoms with Crippen LogP contribution < -0.4 is 5.32 Å². The maximum Gasteiger partial charge on any atom is 0.253 e. The number of hydrogen-bond acceptors (Lipinski definition) is 2. The molecular formula is C15H21N3O. The van der Waals surface area contributed by atoms with Gasteiger partial charge in [0.2, 0.25) is 0 Å². The highest BCUT2D eigenvalue weighted by molar-refractivity contribution is 6.09. The number of rotatable bonds is 4. The van der Waals surface area contributed by atoms with Crippen LogP contribution in [0, 0.1) is 13.8 Å². The Labute approximate surface area is 113 Å². The molecule has 4 nitrogen and oxygen atoms in total. The van der Waals surface area contributed by atoms with E-state index in [2.05, 4.69) is 10.3 Å². The summed E-state index contributed by atoms with van der Waals surface area (Å²) in [5.74, 6) is -0.0000926. The quantitative estimate of drug-likeness (QED) is 0.883. The van der Waals surface area contributed by atoms with Crippen molar-refractivity contribution in [3.05, 3.63) is 35.0 Å². The van der Waals surface area contributed by atoms with Crippen LogP contribution in [0.5, 0.6) is 0 Å². The van der Waals surface area contributed by atoms with Gasteiger partial charge in [0.05, 0.1) is 5.56 Å². The number of fused-ring (bicyclic) bond motifs is 1. The highest BCUT2D eigenvalue weighted by Gasteiger charge is 2.16. The molecule has 102 valence electrons. The summed E-state index contributed by atoms with van der Waals surface area (Å²) < 4.78 is 0. The van der Waals surface area contributed by atoms with Crippen LogP contribution in [0.3, 0.4) is 0 Å². The molecule has 19 heavy (non-hydrogen) atoms. The summed E-state index contributed by atoms with van der Waals surface area (Å²) in [5, 5.41) is 4.01. The van der Waals surface area contributed by atoms with Gasteiger partial charge in [0, 0.05) is 29.7 Å². The van der Waals surface area contributed by atoms with Gasteiger partial charge < -0.3 is 15.2 Å². The number of nitrogens with zero attached hydrogens (tertiary/aromatic N) is 1. The third kappa shape index (κ3) is 2.79. The van der Waals surface area contributed by atoms with Crippen LogP contribution in [0.2, 0.25) is 0 Å². The van der Waals surface area contributed by atoms with Crippen molar-refractivity contribution in [3.8, 4) is 0 Å². The Bertz CT molecular complexity index is 599. The molecular weight excluding hydrogens is 238 g/mol. The summed E-state index contributed by atoms with van der Waals surface area (Å²) in [6.45, 7) is 5.47. The predicted octanol–water partition coefficient (Wildman–Crippen LogP) is 2.08. The van der Waals surface area contributed by atoms with Crippen LogP contribution in [0.1, 0.15) is 21.6 Å². The van der Waals surface area contributed by atoms with Crippen molar-refractivity contribution in [2.75, 3.05) is 27.2 Å². The minimum atomic E-state index is -0.0000926. The molecule has 0 aliphatic rings. The van der Waals surface area contributed by atoms with E-state index in [1.165, 1.54) is 0 Å². The van der Waals surface area contributed by atoms with Gasteiger partial charge >= 0.3 is 0 Å². The molecule has 2 rings (SSSR count). The summed E-state index contributed by atoms with van der Waals surface area (Å²) in [6.07, 6.45) is 0. The fraction of sp³-hybridized carbons (Fsp3) is 0.400. The molecule has 0 radical (unpaired) electrons. The van der Waals surface area contributed by atoms with Crippen LogP contribution in [-0.4, -0.2) is 43.0 Å². The van der Waals surface area contributed by atoms with E-state index in [0.717, 1.165) is 34.3 Å². The van der Waals surface area contributed by atoms with Crippen LogP contribution >= 0.6 is 0 Å². The third-order valence-electron chi connectivity index (χ3n) is 3.29. The number of carbonyl (C=O) groups excluding carboxylic acids is 1. The SMILES string of the molecule is Cc1[nH]c2cccc(C)c2c1C(=O)NCCN(C)C. The second-order valence-corrected chi connectivity index (χ2v) is 5.18. The predicted molar refractivity (Wildman–Crippen MR) is 78.7 cm³/mol. The van der Waals surface area contributed by atoms with E-state index in [1.807, 2.05) is 51.0 Å². The number of benzene rings is 1. The number of amides is 1. The molecule has 2 N–H and O–H groups in total. The van der Waals surface area contributed by atoms with Crippen molar-refractivity contribution in [1.29, 1.82) is 0 Å². The maximum absolute atomic E-state index is 12.3. The zero-order chi connectivity index (χ0) is 14.0. The number of likely N-dealkylation sites (N-methyl/N-ethyl adjacent to an activating group) is 1. The van der Waals surface area contributed by atoms with Crippen LogP contribution in [-0.2, 0) is 0 Å². The van der Waals surface area contributed by atoms with Crippen LogP contribution in [0.25, 0.3) is 10.9 Å². The minimum Gasteiger partial charge on any atom is -0.358 e. The lowest BCUT2D eigenvalue weighted by Crippen LogP contribution is -2.31. The molecule has 0 atom stereocenters. The number of aromatic nitrogens is 1. The molecule has 1 heterocycles. The van der Waals surface area contributed by atoms with E-state index in [4.69, 9.17) is 0 Å². The average molecular weight is 259 g/mol. The van der Waals surface area contributed by atoms with Gasteiger partial charge in [-0.15, -0.1) is 0 Å². The van der Waals surface area contributed by atoms with Gasteiger partial charge in [-0.05, 0) is 39.6 Å². The molecule has 1 amide bonds. The number of nitrogens with one attached hydrogen (secondary N) is 2. The third-order valence-corrected chi connectivity index (χ3v) is 3.29. The molecule has 0 saturated carbocycles. The Balaban J connectivity index is 2.29. The van der Waals surface area contributed by atoms with Crippen molar-refractivity contribution in [3.63, 3.8) is 0 Å². The van der Waals surface area contributed by atoms with Crippen molar-refractivity contribution in [2.24, 2.45) is 0 Å². The molecule has 1 aromatic carbocycles. The normalized spacial score (nSPS) is 11.2. The van der Waals surface area contributed by atoms with Gasteiger partial charge in [0.15, 0.2) is 0 Å². The molecule has 0 spiro atoms. The van der Waals surface area contributed by atoms with E-state index in [9.17, 15) is 4.79 Å². The number of H-pyrrole nitrogens is 1. The Kier molecular flexibility index (Phi) is 3.90. The van der Waals surface area contributed by atoms with Crippen molar-refractivity contribution < 1.29 is 4.79 Å². The largest absolute Gasteiger partial charge is 0.358 e. The van der Waals surface area contributed by atoms with Gasteiger partial charge in [-0.3, -0.25) is 4.79 Å². The Morgan fingerprint density at radius 1 is 1.32 bits per heavy atom. The lowest BCUT2D eigenvalue weighted by Gasteiger charge is -2.10. The highest BCUT2D eigenvalue weighted by atomic mass is 16.1. The fourth-order valence-electron chi connectivity index (χ4n) is 2.32. The summed E-state index contributed by atoms with van der Waals surface area (Å²) in [5.41, 5.74) is 3.84. The first kappa shape index (κ1) is 13.6. The summed E-state index contributed by atoms with van der Waals surface area (Å²) in [7, 11) is 3.99. The lowest BCUT2D eigenvalue weighted by molar-refractivity contribution is 0.0952. The molecule has 2 aromatic rings. The average Bonchev–Trinajstić information content (AvgIpc) is 2.66. The maximum atomic E-state index is 12.3. The highest BCUT2D eigenvalue weighted by Crippen LogP contribution is 2.25. The fourth-order valence-corrected chi connectivity index (χ4v) is 2.32. The number of aryl methyl sites for hydroxylation is 2. The first-order valence-electron chi connectivity index (χ1n) is 6.51. The van der Waals surface area contributed by atoms with Crippen LogP contribution in [0.4, 0.5) is 0 Å². The first-order valence-corrected chi connectivity index (χ1v) is 6.51.